The molecule has 0 radical (unpaired) electrons. The average molecular weight is 216 g/mol. The second kappa shape index (κ2) is 4.85. The van der Waals surface area contributed by atoms with E-state index >= 15 is 0 Å². The molecule has 0 amide bonds. The molecule has 0 aromatic heterocycles. The van der Waals surface area contributed by atoms with E-state index in [1.165, 1.54) is 51.7 Å². The summed E-state index contributed by atoms with van der Waals surface area (Å²) in [6, 6.07) is 0. The molecule has 0 bridgehead atoms. The van der Waals surface area contributed by atoms with Gasteiger partial charge in [0.2, 0.25) is 0 Å². The Hall–Kier alpha value is 0.250. The van der Waals surface area contributed by atoms with Crippen molar-refractivity contribution in [1.29, 1.82) is 0 Å². The molecule has 2 rings (SSSR count). The van der Waals surface area contributed by atoms with Gasteiger partial charge in [0.25, 0.3) is 0 Å². The van der Waals surface area contributed by atoms with Gasteiger partial charge in [-0.15, -0.1) is 11.6 Å². The summed E-state index contributed by atoms with van der Waals surface area (Å²) in [4.78, 5) is 2.61. The number of halogens is 1. The van der Waals surface area contributed by atoms with Crippen molar-refractivity contribution in [3.05, 3.63) is 0 Å². The zero-order valence-corrected chi connectivity index (χ0v) is 9.97. The van der Waals surface area contributed by atoms with Crippen molar-refractivity contribution >= 4 is 11.6 Å². The topological polar surface area (TPSA) is 3.24 Å². The van der Waals surface area contributed by atoms with Crippen molar-refractivity contribution in [2.24, 2.45) is 11.8 Å². The third kappa shape index (κ3) is 2.64. The minimum atomic E-state index is 0.426. The van der Waals surface area contributed by atoms with Gasteiger partial charge in [-0.25, -0.2) is 0 Å². The molecule has 0 aromatic rings. The molecule has 82 valence electrons. The van der Waals surface area contributed by atoms with Gasteiger partial charge in [0.15, 0.2) is 0 Å². The largest absolute Gasteiger partial charge is 0.303 e. The minimum Gasteiger partial charge on any atom is -0.303 e. The number of piperidine rings is 1. The second-order valence-electron chi connectivity index (χ2n) is 5.17. The Morgan fingerprint density at radius 3 is 2.64 bits per heavy atom. The van der Waals surface area contributed by atoms with Gasteiger partial charge in [-0.05, 0) is 37.8 Å². The zero-order valence-electron chi connectivity index (χ0n) is 9.21. The Morgan fingerprint density at radius 1 is 1.29 bits per heavy atom. The highest BCUT2D eigenvalue weighted by Crippen LogP contribution is 2.30. The van der Waals surface area contributed by atoms with Crippen LogP contribution >= 0.6 is 11.6 Å². The lowest BCUT2D eigenvalue weighted by Gasteiger charge is -2.36. The van der Waals surface area contributed by atoms with Gasteiger partial charge in [-0.3, -0.25) is 0 Å². The van der Waals surface area contributed by atoms with Gasteiger partial charge in [0.05, 0.1) is 0 Å². The first-order chi connectivity index (χ1) is 6.75. The summed E-state index contributed by atoms with van der Waals surface area (Å²) in [6.45, 7) is 6.05. The maximum absolute atomic E-state index is 6.21. The fourth-order valence-corrected chi connectivity index (χ4v) is 2.73. The molecule has 2 fully saturated rings. The molecule has 1 aliphatic carbocycles. The summed E-state index contributed by atoms with van der Waals surface area (Å²) >= 11 is 6.21. The van der Waals surface area contributed by atoms with Gasteiger partial charge in [-0.2, -0.15) is 0 Å². The maximum atomic E-state index is 6.21. The quantitative estimate of drug-likeness (QED) is 0.654. The smallest absolute Gasteiger partial charge is 0.0386 e. The number of nitrogens with zero attached hydrogens (tertiary/aromatic N) is 1. The highest BCUT2D eigenvalue weighted by atomic mass is 35.5. The first kappa shape index (κ1) is 10.8. The number of hydrogen-bond acceptors (Lipinski definition) is 1. The van der Waals surface area contributed by atoms with Crippen LogP contribution in [0.25, 0.3) is 0 Å². The molecule has 1 aliphatic heterocycles. The van der Waals surface area contributed by atoms with E-state index in [4.69, 9.17) is 11.6 Å². The number of rotatable bonds is 3. The van der Waals surface area contributed by atoms with Crippen LogP contribution in [0.5, 0.6) is 0 Å². The van der Waals surface area contributed by atoms with Crippen molar-refractivity contribution in [2.45, 2.75) is 44.4 Å². The van der Waals surface area contributed by atoms with Crippen molar-refractivity contribution in [2.75, 3.05) is 19.6 Å². The number of alkyl halides is 1. The molecular formula is C12H22ClN. The van der Waals surface area contributed by atoms with Crippen LogP contribution in [0.1, 0.15) is 39.0 Å². The summed E-state index contributed by atoms with van der Waals surface area (Å²) in [5.74, 6) is 1.74. The minimum absolute atomic E-state index is 0.426. The lowest BCUT2D eigenvalue weighted by atomic mass is 9.83. The lowest BCUT2D eigenvalue weighted by Crippen LogP contribution is -2.41. The average Bonchev–Trinajstić information content (AvgIpc) is 2.08. The van der Waals surface area contributed by atoms with Crippen molar-refractivity contribution < 1.29 is 0 Å². The fourth-order valence-electron chi connectivity index (χ4n) is 2.55. The Labute approximate surface area is 92.8 Å². The van der Waals surface area contributed by atoms with Crippen LogP contribution in [-0.4, -0.2) is 29.9 Å². The highest BCUT2D eigenvalue weighted by molar-refractivity contribution is 6.20. The number of likely N-dealkylation sites (tertiary alicyclic amines) is 1. The van der Waals surface area contributed by atoms with Gasteiger partial charge in [0.1, 0.15) is 0 Å². The van der Waals surface area contributed by atoms with Crippen molar-refractivity contribution in [1.82, 2.24) is 4.90 Å². The molecule has 1 heterocycles. The molecule has 0 N–H and O–H groups in total. The van der Waals surface area contributed by atoms with Crippen molar-refractivity contribution in [3.8, 4) is 0 Å². The normalized spacial score (nSPS) is 35.6. The maximum Gasteiger partial charge on any atom is 0.0386 e. The van der Waals surface area contributed by atoms with Gasteiger partial charge < -0.3 is 4.90 Å². The zero-order chi connectivity index (χ0) is 9.97. The van der Waals surface area contributed by atoms with Crippen LogP contribution < -0.4 is 0 Å². The molecule has 2 heteroatoms. The van der Waals surface area contributed by atoms with Crippen LogP contribution in [-0.2, 0) is 0 Å². The first-order valence-corrected chi connectivity index (χ1v) is 6.56. The summed E-state index contributed by atoms with van der Waals surface area (Å²) in [6.07, 6.45) is 7.07. The predicted molar refractivity (Wildman–Crippen MR) is 61.8 cm³/mol. The van der Waals surface area contributed by atoms with Crippen LogP contribution in [0.4, 0.5) is 0 Å². The molecule has 2 atom stereocenters. The lowest BCUT2D eigenvalue weighted by molar-refractivity contribution is 0.161. The molecule has 14 heavy (non-hydrogen) atoms. The van der Waals surface area contributed by atoms with Gasteiger partial charge in [0, 0.05) is 11.9 Å². The van der Waals surface area contributed by atoms with E-state index in [1.807, 2.05) is 0 Å². The molecule has 2 aliphatic rings. The Bertz CT molecular complexity index is 179. The Balaban J connectivity index is 1.65. The first-order valence-electron chi connectivity index (χ1n) is 6.12. The molecule has 1 nitrogen and oxygen atoms in total. The van der Waals surface area contributed by atoms with Crippen molar-refractivity contribution in [3.63, 3.8) is 0 Å². The van der Waals surface area contributed by atoms with E-state index in [1.54, 1.807) is 0 Å². The second-order valence-corrected chi connectivity index (χ2v) is 5.73. The molecular weight excluding hydrogens is 194 g/mol. The monoisotopic (exact) mass is 215 g/mol. The van der Waals surface area contributed by atoms with E-state index in [2.05, 4.69) is 11.8 Å². The Kier molecular flexibility index (Phi) is 3.73. The van der Waals surface area contributed by atoms with Crippen LogP contribution in [0.2, 0.25) is 0 Å². The third-order valence-corrected chi connectivity index (χ3v) is 4.61. The molecule has 0 spiro atoms. The standard InChI is InChI=1S/C12H22ClN/c1-10-9-14(8-6-12(10)13)7-5-11-3-2-4-11/h10-12H,2-9H2,1H3. The van der Waals surface area contributed by atoms with Gasteiger partial charge >= 0.3 is 0 Å². The van der Waals surface area contributed by atoms with E-state index in [9.17, 15) is 0 Å². The molecule has 1 saturated heterocycles. The fraction of sp³-hybridized carbons (Fsp3) is 1.00. The van der Waals surface area contributed by atoms with E-state index < -0.39 is 0 Å². The molecule has 1 saturated carbocycles. The SMILES string of the molecule is CC1CN(CCC2CCC2)CCC1Cl. The molecule has 2 unspecified atom stereocenters. The van der Waals surface area contributed by atoms with Gasteiger partial charge in [-0.1, -0.05) is 26.2 Å². The summed E-state index contributed by atoms with van der Waals surface area (Å²) in [5.41, 5.74) is 0. The highest BCUT2D eigenvalue weighted by Gasteiger charge is 2.25. The molecule has 0 aromatic carbocycles. The predicted octanol–water partition coefficient (Wildman–Crippen LogP) is 3.13. The summed E-state index contributed by atoms with van der Waals surface area (Å²) in [5, 5.41) is 0.426. The number of hydrogen-bond donors (Lipinski definition) is 0. The third-order valence-electron chi connectivity index (χ3n) is 3.96. The van der Waals surface area contributed by atoms with E-state index in [0.717, 1.165) is 5.92 Å². The Morgan fingerprint density at radius 2 is 2.07 bits per heavy atom. The van der Waals surface area contributed by atoms with Crippen LogP contribution in [0.3, 0.4) is 0 Å². The summed E-state index contributed by atoms with van der Waals surface area (Å²) < 4.78 is 0. The van der Waals surface area contributed by atoms with Crippen LogP contribution in [0, 0.1) is 11.8 Å². The van der Waals surface area contributed by atoms with Crippen LogP contribution in [0.15, 0.2) is 0 Å². The summed E-state index contributed by atoms with van der Waals surface area (Å²) in [7, 11) is 0. The van der Waals surface area contributed by atoms with E-state index in [0.29, 0.717) is 11.3 Å². The van der Waals surface area contributed by atoms with E-state index in [-0.39, 0.29) is 0 Å².